The number of hydrogen-bond donors (Lipinski definition) is 0. The quantitative estimate of drug-likeness (QED) is 0.479. The summed E-state index contributed by atoms with van der Waals surface area (Å²) in [7, 11) is 5.53. The number of ether oxygens (including phenoxy) is 1. The Morgan fingerprint density at radius 2 is 1.77 bits per heavy atom. The fourth-order valence-corrected chi connectivity index (χ4v) is 1.49. The molecule has 0 aromatic carbocycles. The van der Waals surface area contributed by atoms with Gasteiger partial charge in [-0.05, 0) is 20.3 Å². The number of nitrogens with zero attached hydrogens (tertiary/aromatic N) is 1. The van der Waals surface area contributed by atoms with Gasteiger partial charge in [-0.2, -0.15) is 4.39 Å². The molecule has 0 aliphatic carbocycles. The third-order valence-electron chi connectivity index (χ3n) is 2.36. The standard InChI is InChI=1S/C10H23FNO/c1-7-10(3,13-8-2)9(11)12(4,5)6/h9H,7-8H2,1-6H3/q+1. The van der Waals surface area contributed by atoms with Gasteiger partial charge in [0.25, 0.3) is 6.30 Å². The summed E-state index contributed by atoms with van der Waals surface area (Å²) in [5, 5.41) is 0. The molecule has 2 atom stereocenters. The summed E-state index contributed by atoms with van der Waals surface area (Å²) < 4.78 is 19.8. The molecule has 0 bridgehead atoms. The average molecular weight is 192 g/mol. The Bertz CT molecular complexity index is 155. The number of alkyl halides is 1. The van der Waals surface area contributed by atoms with Crippen molar-refractivity contribution in [1.29, 1.82) is 0 Å². The Labute approximate surface area is 81.3 Å². The highest BCUT2D eigenvalue weighted by Gasteiger charge is 2.42. The van der Waals surface area contributed by atoms with Crippen LogP contribution in [0.25, 0.3) is 0 Å². The summed E-state index contributed by atoms with van der Waals surface area (Å²) in [5.41, 5.74) is -0.660. The lowest BCUT2D eigenvalue weighted by Crippen LogP contribution is -2.56. The van der Waals surface area contributed by atoms with E-state index in [2.05, 4.69) is 0 Å². The molecule has 2 unspecified atom stereocenters. The van der Waals surface area contributed by atoms with Crippen molar-refractivity contribution in [2.75, 3.05) is 27.7 Å². The Morgan fingerprint density at radius 3 is 2.00 bits per heavy atom. The van der Waals surface area contributed by atoms with Gasteiger partial charge in [0.05, 0.1) is 21.1 Å². The highest BCUT2D eigenvalue weighted by Crippen LogP contribution is 2.27. The second-order valence-corrected chi connectivity index (χ2v) is 4.55. The van der Waals surface area contributed by atoms with Crippen molar-refractivity contribution in [3.8, 4) is 0 Å². The summed E-state index contributed by atoms with van der Waals surface area (Å²) in [4.78, 5) is 0. The average Bonchev–Trinajstić information content (AvgIpc) is 2.02. The number of likely N-dealkylation sites (N-methyl/N-ethyl adjacent to an activating group) is 1. The van der Waals surface area contributed by atoms with Gasteiger partial charge in [0.1, 0.15) is 5.60 Å². The van der Waals surface area contributed by atoms with Crippen LogP contribution in [0.5, 0.6) is 0 Å². The molecule has 0 saturated carbocycles. The van der Waals surface area contributed by atoms with Gasteiger partial charge >= 0.3 is 0 Å². The first-order chi connectivity index (χ1) is 5.78. The van der Waals surface area contributed by atoms with E-state index in [0.29, 0.717) is 13.0 Å². The van der Waals surface area contributed by atoms with Gasteiger partial charge in [0, 0.05) is 6.61 Å². The van der Waals surface area contributed by atoms with Gasteiger partial charge in [-0.1, -0.05) is 6.92 Å². The Hall–Kier alpha value is -0.150. The Morgan fingerprint density at radius 1 is 1.31 bits per heavy atom. The summed E-state index contributed by atoms with van der Waals surface area (Å²) >= 11 is 0. The van der Waals surface area contributed by atoms with Crippen LogP contribution < -0.4 is 0 Å². The van der Waals surface area contributed by atoms with E-state index in [4.69, 9.17) is 4.74 Å². The van der Waals surface area contributed by atoms with Gasteiger partial charge in [0.15, 0.2) is 0 Å². The number of quaternary nitrogens is 1. The third-order valence-corrected chi connectivity index (χ3v) is 2.36. The SMILES string of the molecule is CCOC(C)(CC)C(F)[N+](C)(C)C. The number of rotatable bonds is 5. The molecule has 0 N–H and O–H groups in total. The molecule has 0 amide bonds. The topological polar surface area (TPSA) is 9.23 Å². The molecular weight excluding hydrogens is 169 g/mol. The lowest BCUT2D eigenvalue weighted by molar-refractivity contribution is -0.919. The maximum absolute atomic E-state index is 14.0. The molecule has 0 rings (SSSR count). The van der Waals surface area contributed by atoms with Crippen LogP contribution in [0.1, 0.15) is 27.2 Å². The molecule has 0 aromatic rings. The van der Waals surface area contributed by atoms with Crippen molar-refractivity contribution in [1.82, 2.24) is 0 Å². The summed E-state index contributed by atoms with van der Waals surface area (Å²) in [6.07, 6.45) is -0.296. The maximum Gasteiger partial charge on any atom is 0.260 e. The predicted octanol–water partition coefficient (Wildman–Crippen LogP) is 2.19. The number of hydrogen-bond acceptors (Lipinski definition) is 1. The smallest absolute Gasteiger partial charge is 0.260 e. The van der Waals surface area contributed by atoms with Gasteiger partial charge in [-0.25, -0.2) is 0 Å². The highest BCUT2D eigenvalue weighted by molar-refractivity contribution is 4.76. The highest BCUT2D eigenvalue weighted by atomic mass is 19.1. The van der Waals surface area contributed by atoms with Crippen LogP contribution in [-0.2, 0) is 4.74 Å². The summed E-state index contributed by atoms with van der Waals surface area (Å²) in [6, 6.07) is 0. The van der Waals surface area contributed by atoms with E-state index >= 15 is 0 Å². The lowest BCUT2D eigenvalue weighted by atomic mass is 10.0. The molecule has 3 heteroatoms. The molecule has 0 aliphatic rings. The van der Waals surface area contributed by atoms with E-state index in [-0.39, 0.29) is 4.48 Å². The zero-order chi connectivity index (χ0) is 10.7. The predicted molar refractivity (Wildman–Crippen MR) is 53.3 cm³/mol. The minimum atomic E-state index is -0.988. The van der Waals surface area contributed by atoms with Gasteiger partial charge in [0.2, 0.25) is 0 Å². The molecule has 0 spiro atoms. The molecule has 2 nitrogen and oxygen atoms in total. The fraction of sp³-hybridized carbons (Fsp3) is 1.00. The first-order valence-corrected chi connectivity index (χ1v) is 4.87. The van der Waals surface area contributed by atoms with Gasteiger partial charge < -0.3 is 4.74 Å². The molecule has 0 heterocycles. The van der Waals surface area contributed by atoms with Crippen LogP contribution in [0.3, 0.4) is 0 Å². The molecule has 0 aliphatic heterocycles. The molecular formula is C10H23FNO+. The van der Waals surface area contributed by atoms with E-state index in [1.54, 1.807) is 0 Å². The Balaban J connectivity index is 4.56. The molecule has 0 saturated heterocycles. The zero-order valence-electron chi connectivity index (χ0n) is 9.72. The van der Waals surface area contributed by atoms with Crippen molar-refractivity contribution in [2.45, 2.75) is 39.1 Å². The van der Waals surface area contributed by atoms with Crippen molar-refractivity contribution in [2.24, 2.45) is 0 Å². The molecule has 0 radical (unpaired) electrons. The van der Waals surface area contributed by atoms with E-state index in [0.717, 1.165) is 0 Å². The van der Waals surface area contributed by atoms with Crippen molar-refractivity contribution in [3.63, 3.8) is 0 Å². The second-order valence-electron chi connectivity index (χ2n) is 4.55. The van der Waals surface area contributed by atoms with E-state index in [9.17, 15) is 4.39 Å². The first-order valence-electron chi connectivity index (χ1n) is 4.87. The van der Waals surface area contributed by atoms with Crippen LogP contribution in [0.15, 0.2) is 0 Å². The van der Waals surface area contributed by atoms with E-state index in [1.165, 1.54) is 0 Å². The van der Waals surface area contributed by atoms with Crippen LogP contribution in [0, 0.1) is 0 Å². The number of halogens is 1. The van der Waals surface area contributed by atoms with Crippen molar-refractivity contribution < 1.29 is 13.6 Å². The Kier molecular flexibility index (Phi) is 4.33. The van der Waals surface area contributed by atoms with Crippen molar-refractivity contribution >= 4 is 0 Å². The van der Waals surface area contributed by atoms with Gasteiger partial charge in [-0.3, -0.25) is 4.48 Å². The minimum absolute atomic E-state index is 0.282. The molecule has 0 aromatic heterocycles. The molecule has 0 fully saturated rings. The molecule has 80 valence electrons. The van der Waals surface area contributed by atoms with Crippen LogP contribution in [-0.4, -0.2) is 44.1 Å². The maximum atomic E-state index is 14.0. The van der Waals surface area contributed by atoms with E-state index in [1.807, 2.05) is 41.9 Å². The molecule has 13 heavy (non-hydrogen) atoms. The second kappa shape index (κ2) is 4.38. The summed E-state index contributed by atoms with van der Waals surface area (Å²) in [6.45, 7) is 6.25. The van der Waals surface area contributed by atoms with Crippen LogP contribution in [0.4, 0.5) is 4.39 Å². The lowest BCUT2D eigenvalue weighted by Gasteiger charge is -2.39. The minimum Gasteiger partial charge on any atom is -0.366 e. The first kappa shape index (κ1) is 12.8. The monoisotopic (exact) mass is 192 g/mol. The van der Waals surface area contributed by atoms with Crippen LogP contribution in [0.2, 0.25) is 0 Å². The zero-order valence-corrected chi connectivity index (χ0v) is 9.72. The van der Waals surface area contributed by atoms with Crippen LogP contribution >= 0.6 is 0 Å². The van der Waals surface area contributed by atoms with Crippen molar-refractivity contribution in [3.05, 3.63) is 0 Å². The largest absolute Gasteiger partial charge is 0.366 e. The third kappa shape index (κ3) is 3.24. The van der Waals surface area contributed by atoms with E-state index < -0.39 is 11.9 Å². The summed E-state index contributed by atoms with van der Waals surface area (Å²) in [5.74, 6) is 0. The fourth-order valence-electron chi connectivity index (χ4n) is 1.49. The van der Waals surface area contributed by atoms with Gasteiger partial charge in [-0.15, -0.1) is 0 Å². The normalized spacial score (nSPS) is 19.6.